The summed E-state index contributed by atoms with van der Waals surface area (Å²) in [5.74, 6) is -1.25. The van der Waals surface area contributed by atoms with Crippen molar-refractivity contribution in [1.29, 1.82) is 5.26 Å². The molecule has 2 rings (SSSR count). The second-order valence-electron chi connectivity index (χ2n) is 3.85. The minimum absolute atomic E-state index is 0.0379. The van der Waals surface area contributed by atoms with Crippen LogP contribution in [0.2, 0.25) is 0 Å². The van der Waals surface area contributed by atoms with Gasteiger partial charge in [-0.2, -0.15) is 18.4 Å². The number of aromatic nitrogens is 3. The van der Waals surface area contributed by atoms with E-state index in [0.717, 1.165) is 7.11 Å². The van der Waals surface area contributed by atoms with Gasteiger partial charge in [0, 0.05) is 0 Å². The summed E-state index contributed by atoms with van der Waals surface area (Å²) in [5.41, 5.74) is -2.18. The molecule has 0 bridgehead atoms. The summed E-state index contributed by atoms with van der Waals surface area (Å²) in [7, 11) is 0.942. The van der Waals surface area contributed by atoms with Crippen molar-refractivity contribution in [3.8, 4) is 11.8 Å². The summed E-state index contributed by atoms with van der Waals surface area (Å²) in [4.78, 5) is 11.4. The molecular formula is C12H7F3N4O2. The zero-order valence-electron chi connectivity index (χ0n) is 10.5. The van der Waals surface area contributed by atoms with E-state index in [-0.39, 0.29) is 11.3 Å². The molecule has 0 N–H and O–H groups in total. The summed E-state index contributed by atoms with van der Waals surface area (Å²) in [5, 5.41) is 15.3. The zero-order valence-corrected chi connectivity index (χ0v) is 10.5. The van der Waals surface area contributed by atoms with Gasteiger partial charge in [0.25, 0.3) is 0 Å². The Morgan fingerprint density at radius 3 is 2.71 bits per heavy atom. The minimum atomic E-state index is -4.87. The first-order chi connectivity index (χ1) is 9.88. The molecule has 0 aliphatic carbocycles. The third kappa shape index (κ3) is 2.69. The van der Waals surface area contributed by atoms with Crippen molar-refractivity contribution >= 4 is 5.97 Å². The summed E-state index contributed by atoms with van der Waals surface area (Å²) >= 11 is 0. The van der Waals surface area contributed by atoms with Gasteiger partial charge < -0.3 is 4.74 Å². The van der Waals surface area contributed by atoms with E-state index in [1.807, 2.05) is 0 Å². The molecule has 1 aromatic carbocycles. The lowest BCUT2D eigenvalue weighted by Gasteiger charge is -2.10. The molecule has 0 spiro atoms. The van der Waals surface area contributed by atoms with Crippen molar-refractivity contribution in [2.45, 2.75) is 6.18 Å². The van der Waals surface area contributed by atoms with Gasteiger partial charge in [-0.25, -0.2) is 9.48 Å². The normalized spacial score (nSPS) is 11.0. The van der Waals surface area contributed by atoms with Crippen LogP contribution in [0.4, 0.5) is 13.2 Å². The summed E-state index contributed by atoms with van der Waals surface area (Å²) < 4.78 is 44.1. The molecule has 6 nitrogen and oxygen atoms in total. The first kappa shape index (κ1) is 14.5. The van der Waals surface area contributed by atoms with Gasteiger partial charge in [0.2, 0.25) is 5.69 Å². The van der Waals surface area contributed by atoms with E-state index in [2.05, 4.69) is 15.0 Å². The van der Waals surface area contributed by atoms with Crippen LogP contribution in [0.25, 0.3) is 5.69 Å². The summed E-state index contributed by atoms with van der Waals surface area (Å²) in [6.07, 6.45) is -4.87. The number of carbonyl (C=O) groups excluding carboxylic acids is 1. The number of nitriles is 1. The van der Waals surface area contributed by atoms with Crippen LogP contribution in [0.5, 0.6) is 0 Å². The first-order valence-electron chi connectivity index (χ1n) is 5.50. The third-order valence-electron chi connectivity index (χ3n) is 2.54. The second kappa shape index (κ2) is 5.24. The van der Waals surface area contributed by atoms with Gasteiger partial charge >= 0.3 is 12.1 Å². The summed E-state index contributed by atoms with van der Waals surface area (Å²) in [6.45, 7) is 0. The zero-order chi connectivity index (χ0) is 15.6. The fourth-order valence-corrected chi connectivity index (χ4v) is 1.66. The van der Waals surface area contributed by atoms with E-state index < -0.39 is 23.5 Å². The van der Waals surface area contributed by atoms with Crippen molar-refractivity contribution in [1.82, 2.24) is 15.0 Å². The van der Waals surface area contributed by atoms with Gasteiger partial charge in [-0.3, -0.25) is 0 Å². The van der Waals surface area contributed by atoms with E-state index in [1.54, 1.807) is 6.07 Å². The molecule has 108 valence electrons. The van der Waals surface area contributed by atoms with Crippen LogP contribution in [0, 0.1) is 11.3 Å². The maximum absolute atomic E-state index is 13.1. The number of alkyl halides is 3. The predicted molar refractivity (Wildman–Crippen MR) is 62.4 cm³/mol. The quantitative estimate of drug-likeness (QED) is 0.791. The largest absolute Gasteiger partial charge is 0.464 e. The molecule has 0 saturated carbocycles. The minimum Gasteiger partial charge on any atom is -0.464 e. The van der Waals surface area contributed by atoms with Gasteiger partial charge in [-0.05, 0) is 18.2 Å². The van der Waals surface area contributed by atoms with Crippen LogP contribution in [0.1, 0.15) is 21.7 Å². The molecule has 21 heavy (non-hydrogen) atoms. The molecule has 0 radical (unpaired) electrons. The monoisotopic (exact) mass is 296 g/mol. The lowest BCUT2D eigenvalue weighted by Crippen LogP contribution is -2.18. The van der Waals surface area contributed by atoms with Crippen molar-refractivity contribution in [2.24, 2.45) is 0 Å². The molecule has 0 atom stereocenters. The SMILES string of the molecule is COC(=O)c1nnn(-c2cccc(C#N)c2)c1C(F)(F)F. The average molecular weight is 296 g/mol. The van der Waals surface area contributed by atoms with Crippen LogP contribution in [0.3, 0.4) is 0 Å². The Hall–Kier alpha value is -2.89. The molecule has 0 aliphatic heterocycles. The molecule has 0 fully saturated rings. The lowest BCUT2D eigenvalue weighted by atomic mass is 10.2. The smallest absolute Gasteiger partial charge is 0.436 e. The molecule has 2 aromatic rings. The molecule has 0 aliphatic rings. The highest BCUT2D eigenvalue weighted by atomic mass is 19.4. The molecule has 1 aromatic heterocycles. The van der Waals surface area contributed by atoms with Crippen LogP contribution >= 0.6 is 0 Å². The Morgan fingerprint density at radius 2 is 2.14 bits per heavy atom. The first-order valence-corrected chi connectivity index (χ1v) is 5.50. The van der Waals surface area contributed by atoms with Crippen molar-refractivity contribution < 1.29 is 22.7 Å². The van der Waals surface area contributed by atoms with E-state index in [9.17, 15) is 18.0 Å². The Balaban J connectivity index is 2.67. The number of carbonyl (C=O) groups is 1. The highest BCUT2D eigenvalue weighted by Crippen LogP contribution is 2.33. The molecular weight excluding hydrogens is 289 g/mol. The van der Waals surface area contributed by atoms with Crippen LogP contribution in [-0.2, 0) is 10.9 Å². The standard InChI is InChI=1S/C12H7F3N4O2/c1-21-11(20)9-10(12(13,14)15)19(18-17-9)8-4-2-3-7(5-8)6-16/h2-5H,1H3. The Kier molecular flexibility index (Phi) is 3.62. The molecule has 9 heteroatoms. The fraction of sp³-hybridized carbons (Fsp3) is 0.167. The van der Waals surface area contributed by atoms with Gasteiger partial charge in [0.05, 0.1) is 24.4 Å². The van der Waals surface area contributed by atoms with Gasteiger partial charge in [-0.1, -0.05) is 11.3 Å². The van der Waals surface area contributed by atoms with Crippen molar-refractivity contribution in [3.63, 3.8) is 0 Å². The summed E-state index contributed by atoms with van der Waals surface area (Å²) in [6, 6.07) is 7.13. The highest BCUT2D eigenvalue weighted by molar-refractivity contribution is 5.88. The molecule has 0 unspecified atom stereocenters. The third-order valence-corrected chi connectivity index (χ3v) is 2.54. The Bertz CT molecular complexity index is 731. The van der Waals surface area contributed by atoms with E-state index in [1.165, 1.54) is 24.3 Å². The van der Waals surface area contributed by atoms with E-state index in [0.29, 0.717) is 4.68 Å². The topological polar surface area (TPSA) is 80.8 Å². The average Bonchev–Trinajstić information content (AvgIpc) is 2.91. The van der Waals surface area contributed by atoms with Gasteiger partial charge in [0.1, 0.15) is 0 Å². The Labute approximate surface area is 116 Å². The van der Waals surface area contributed by atoms with E-state index >= 15 is 0 Å². The van der Waals surface area contributed by atoms with E-state index in [4.69, 9.17) is 5.26 Å². The number of methoxy groups -OCH3 is 1. The van der Waals surface area contributed by atoms with Crippen molar-refractivity contribution in [2.75, 3.05) is 7.11 Å². The van der Waals surface area contributed by atoms with Crippen LogP contribution < -0.4 is 0 Å². The number of ether oxygens (including phenoxy) is 1. The number of halogens is 3. The van der Waals surface area contributed by atoms with Crippen LogP contribution in [-0.4, -0.2) is 28.1 Å². The van der Waals surface area contributed by atoms with Gasteiger partial charge in [0.15, 0.2) is 5.69 Å². The molecule has 0 amide bonds. The fourth-order valence-electron chi connectivity index (χ4n) is 1.66. The number of benzene rings is 1. The van der Waals surface area contributed by atoms with Crippen LogP contribution in [0.15, 0.2) is 24.3 Å². The predicted octanol–water partition coefficient (Wildman–Crippen LogP) is 1.94. The van der Waals surface area contributed by atoms with Gasteiger partial charge in [-0.15, -0.1) is 5.10 Å². The number of hydrogen-bond donors (Lipinski definition) is 0. The molecule has 0 saturated heterocycles. The number of hydrogen-bond acceptors (Lipinski definition) is 5. The molecule has 1 heterocycles. The maximum atomic E-state index is 13.1. The number of esters is 1. The Morgan fingerprint density at radius 1 is 1.43 bits per heavy atom. The van der Waals surface area contributed by atoms with Crippen molar-refractivity contribution in [3.05, 3.63) is 41.2 Å². The lowest BCUT2D eigenvalue weighted by molar-refractivity contribution is -0.143. The number of rotatable bonds is 2. The maximum Gasteiger partial charge on any atom is 0.436 e. The number of nitrogens with zero attached hydrogens (tertiary/aromatic N) is 4. The second-order valence-corrected chi connectivity index (χ2v) is 3.85. The highest BCUT2D eigenvalue weighted by Gasteiger charge is 2.42.